The van der Waals surface area contributed by atoms with Crippen molar-refractivity contribution in [2.45, 2.75) is 6.92 Å². The lowest BCUT2D eigenvalue weighted by atomic mass is 10.4. The van der Waals surface area contributed by atoms with Crippen molar-refractivity contribution in [2.24, 2.45) is 5.73 Å². The van der Waals surface area contributed by atoms with Crippen LogP contribution in [-0.2, 0) is 9.59 Å². The van der Waals surface area contributed by atoms with E-state index in [4.69, 9.17) is 5.73 Å². The Balaban J connectivity index is 3.67. The van der Waals surface area contributed by atoms with E-state index in [2.05, 4.69) is 5.32 Å². The number of nitrogens with one attached hydrogen (secondary N) is 1. The van der Waals surface area contributed by atoms with E-state index in [1.54, 1.807) is 6.92 Å². The summed E-state index contributed by atoms with van der Waals surface area (Å²) >= 11 is 0. The second kappa shape index (κ2) is 4.55. The third kappa shape index (κ3) is 4.83. The lowest BCUT2D eigenvalue weighted by molar-refractivity contribution is -0.117. The van der Waals surface area contributed by atoms with E-state index in [1.165, 1.54) is 0 Å². The van der Waals surface area contributed by atoms with Crippen molar-refractivity contribution in [3.8, 4) is 0 Å². The fraction of sp³-hybridized carbons (Fsp3) is 0.333. The quantitative estimate of drug-likeness (QED) is 0.504. The molecular formula is C6H10N2O2. The fourth-order valence-electron chi connectivity index (χ4n) is 0.391. The number of rotatable bonds is 3. The Labute approximate surface area is 59.1 Å². The van der Waals surface area contributed by atoms with Crippen molar-refractivity contribution in [3.05, 3.63) is 12.2 Å². The van der Waals surface area contributed by atoms with Crippen LogP contribution in [0.4, 0.5) is 0 Å². The first-order chi connectivity index (χ1) is 4.66. The molecule has 0 radical (unpaired) electrons. The number of primary amides is 1. The van der Waals surface area contributed by atoms with Crippen molar-refractivity contribution >= 4 is 11.8 Å². The summed E-state index contributed by atoms with van der Waals surface area (Å²) in [5.74, 6) is -0.924. The second-order valence-electron chi connectivity index (χ2n) is 1.63. The molecule has 56 valence electrons. The minimum Gasteiger partial charge on any atom is -0.366 e. The minimum absolute atomic E-state index is 0.304. The van der Waals surface area contributed by atoms with E-state index < -0.39 is 5.91 Å². The first kappa shape index (κ1) is 8.68. The summed E-state index contributed by atoms with van der Waals surface area (Å²) in [7, 11) is 0. The Bertz CT molecular complexity index is 163. The third-order valence-corrected chi connectivity index (χ3v) is 0.750. The highest BCUT2D eigenvalue weighted by atomic mass is 16.2. The standard InChI is InChI=1S/C6H10N2O2/c1-2-8-6(10)4-3-5(7)9/h3-4H,2H2,1H3,(H2,7,9)(H,8,10). The second-order valence-corrected chi connectivity index (χ2v) is 1.63. The molecule has 0 aliphatic rings. The highest BCUT2D eigenvalue weighted by molar-refractivity contribution is 5.95. The van der Waals surface area contributed by atoms with Crippen molar-refractivity contribution in [2.75, 3.05) is 6.54 Å². The molecule has 0 atom stereocenters. The molecule has 0 aliphatic heterocycles. The molecule has 0 saturated carbocycles. The van der Waals surface area contributed by atoms with E-state index >= 15 is 0 Å². The Morgan fingerprint density at radius 2 is 2.10 bits per heavy atom. The maximum atomic E-state index is 10.5. The largest absolute Gasteiger partial charge is 0.366 e. The van der Waals surface area contributed by atoms with Crippen LogP contribution in [0, 0.1) is 0 Å². The molecule has 2 amide bonds. The number of amides is 2. The van der Waals surface area contributed by atoms with Crippen LogP contribution in [0.25, 0.3) is 0 Å². The molecule has 0 fully saturated rings. The van der Waals surface area contributed by atoms with Crippen LogP contribution in [0.2, 0.25) is 0 Å². The first-order valence-electron chi connectivity index (χ1n) is 2.92. The summed E-state index contributed by atoms with van der Waals surface area (Å²) in [6, 6.07) is 0. The van der Waals surface area contributed by atoms with Crippen molar-refractivity contribution in [3.63, 3.8) is 0 Å². The summed E-state index contributed by atoms with van der Waals surface area (Å²) in [5.41, 5.74) is 4.73. The molecule has 0 aromatic rings. The number of carbonyl (C=O) groups is 2. The van der Waals surface area contributed by atoms with Gasteiger partial charge in [0.25, 0.3) is 0 Å². The molecule has 0 aromatic carbocycles. The van der Waals surface area contributed by atoms with Gasteiger partial charge >= 0.3 is 0 Å². The average molecular weight is 142 g/mol. The van der Waals surface area contributed by atoms with Gasteiger partial charge in [-0.05, 0) is 6.92 Å². The first-order valence-corrected chi connectivity index (χ1v) is 2.92. The topological polar surface area (TPSA) is 72.2 Å². The highest BCUT2D eigenvalue weighted by Crippen LogP contribution is 1.70. The van der Waals surface area contributed by atoms with Gasteiger partial charge in [-0.1, -0.05) is 0 Å². The monoisotopic (exact) mass is 142 g/mol. The van der Waals surface area contributed by atoms with Gasteiger partial charge in [0.2, 0.25) is 11.8 Å². The zero-order valence-corrected chi connectivity index (χ0v) is 5.76. The van der Waals surface area contributed by atoms with Crippen molar-refractivity contribution in [1.82, 2.24) is 5.32 Å². The number of hydrogen-bond donors (Lipinski definition) is 2. The van der Waals surface area contributed by atoms with Gasteiger partial charge in [-0.3, -0.25) is 9.59 Å². The van der Waals surface area contributed by atoms with E-state index in [0.717, 1.165) is 12.2 Å². The van der Waals surface area contributed by atoms with Gasteiger partial charge in [0.15, 0.2) is 0 Å². The summed E-state index contributed by atoms with van der Waals surface area (Å²) in [6.07, 6.45) is 2.12. The van der Waals surface area contributed by atoms with Gasteiger partial charge in [-0.25, -0.2) is 0 Å². The molecule has 4 nitrogen and oxygen atoms in total. The smallest absolute Gasteiger partial charge is 0.244 e. The minimum atomic E-state index is -0.619. The number of nitrogens with two attached hydrogens (primary N) is 1. The lowest BCUT2D eigenvalue weighted by Gasteiger charge is -1.92. The van der Waals surface area contributed by atoms with E-state index in [9.17, 15) is 9.59 Å². The Kier molecular flexibility index (Phi) is 3.95. The van der Waals surface area contributed by atoms with Crippen molar-refractivity contribution in [1.29, 1.82) is 0 Å². The number of hydrogen-bond acceptors (Lipinski definition) is 2. The fourth-order valence-corrected chi connectivity index (χ4v) is 0.391. The molecule has 0 aromatic heterocycles. The van der Waals surface area contributed by atoms with Gasteiger partial charge in [0.1, 0.15) is 0 Å². The normalized spacial score (nSPS) is 9.70. The Hall–Kier alpha value is -1.32. The predicted molar refractivity (Wildman–Crippen MR) is 37.0 cm³/mol. The summed E-state index contributed by atoms with van der Waals surface area (Å²) in [4.78, 5) is 20.6. The molecule has 0 unspecified atom stereocenters. The van der Waals surface area contributed by atoms with Gasteiger partial charge in [0, 0.05) is 18.7 Å². The molecule has 0 spiro atoms. The van der Waals surface area contributed by atoms with Crippen molar-refractivity contribution < 1.29 is 9.59 Å². The van der Waals surface area contributed by atoms with Crippen LogP contribution in [0.1, 0.15) is 6.92 Å². The SMILES string of the molecule is CCNC(=O)C=CC(N)=O. The van der Waals surface area contributed by atoms with Crippen LogP contribution >= 0.6 is 0 Å². The van der Waals surface area contributed by atoms with Crippen LogP contribution in [-0.4, -0.2) is 18.4 Å². The molecule has 0 heterocycles. The zero-order valence-electron chi connectivity index (χ0n) is 5.76. The molecule has 0 rings (SSSR count). The predicted octanol–water partition coefficient (Wildman–Crippen LogP) is -0.836. The summed E-state index contributed by atoms with van der Waals surface area (Å²) in [6.45, 7) is 2.33. The molecule has 10 heavy (non-hydrogen) atoms. The van der Waals surface area contributed by atoms with E-state index in [-0.39, 0.29) is 5.91 Å². The summed E-state index contributed by atoms with van der Waals surface area (Å²) < 4.78 is 0. The zero-order chi connectivity index (χ0) is 7.98. The third-order valence-electron chi connectivity index (χ3n) is 0.750. The molecular weight excluding hydrogens is 132 g/mol. The molecule has 0 bridgehead atoms. The van der Waals surface area contributed by atoms with Crippen LogP contribution in [0.5, 0.6) is 0 Å². The summed E-state index contributed by atoms with van der Waals surface area (Å²) in [5, 5.41) is 2.47. The highest BCUT2D eigenvalue weighted by Gasteiger charge is 1.90. The van der Waals surface area contributed by atoms with Gasteiger partial charge in [-0.15, -0.1) is 0 Å². The lowest BCUT2D eigenvalue weighted by Crippen LogP contribution is -2.20. The van der Waals surface area contributed by atoms with Gasteiger partial charge in [0.05, 0.1) is 0 Å². The number of carbonyl (C=O) groups excluding carboxylic acids is 2. The van der Waals surface area contributed by atoms with E-state index in [0.29, 0.717) is 6.54 Å². The van der Waals surface area contributed by atoms with Gasteiger partial charge in [-0.2, -0.15) is 0 Å². The van der Waals surface area contributed by atoms with Crippen LogP contribution in [0.3, 0.4) is 0 Å². The molecule has 3 N–H and O–H groups in total. The van der Waals surface area contributed by atoms with Crippen LogP contribution < -0.4 is 11.1 Å². The number of likely N-dealkylation sites (N-methyl/N-ethyl adjacent to an activating group) is 1. The Morgan fingerprint density at radius 3 is 2.50 bits per heavy atom. The maximum absolute atomic E-state index is 10.5. The average Bonchev–Trinajstić information content (AvgIpc) is 1.85. The van der Waals surface area contributed by atoms with E-state index in [1.807, 2.05) is 0 Å². The molecule has 0 saturated heterocycles. The molecule has 0 aliphatic carbocycles. The van der Waals surface area contributed by atoms with Gasteiger partial charge < -0.3 is 11.1 Å². The molecule has 4 heteroatoms. The Morgan fingerprint density at radius 1 is 1.50 bits per heavy atom. The maximum Gasteiger partial charge on any atom is 0.244 e. The van der Waals surface area contributed by atoms with Crippen LogP contribution in [0.15, 0.2) is 12.2 Å².